The minimum Gasteiger partial charge on any atom is -0.383 e. The molecule has 1 aromatic rings. The van der Waals surface area contributed by atoms with Crippen LogP contribution in [0.2, 0.25) is 0 Å². The van der Waals surface area contributed by atoms with Gasteiger partial charge in [0.25, 0.3) is 0 Å². The average molecular weight is 270 g/mol. The summed E-state index contributed by atoms with van der Waals surface area (Å²) in [5.41, 5.74) is 0. The van der Waals surface area contributed by atoms with Crippen LogP contribution in [0.15, 0.2) is 6.33 Å². The molecule has 0 aromatic carbocycles. The lowest BCUT2D eigenvalue weighted by molar-refractivity contribution is 0.113. The van der Waals surface area contributed by atoms with Crippen LogP contribution in [0.3, 0.4) is 0 Å². The largest absolute Gasteiger partial charge is 0.383 e. The Morgan fingerprint density at radius 2 is 2.16 bits per heavy atom. The molecule has 0 saturated carbocycles. The molecule has 6 heteroatoms. The highest BCUT2D eigenvalue weighted by Gasteiger charge is 2.03. The summed E-state index contributed by atoms with van der Waals surface area (Å²) in [6.07, 6.45) is 2.68. The van der Waals surface area contributed by atoms with E-state index < -0.39 is 0 Å². The normalized spacial score (nSPS) is 11.4. The molecule has 1 N–H and O–H groups in total. The Morgan fingerprint density at radius 1 is 1.32 bits per heavy atom. The van der Waals surface area contributed by atoms with Crippen molar-refractivity contribution >= 4 is 0 Å². The second-order valence-electron chi connectivity index (χ2n) is 4.86. The van der Waals surface area contributed by atoms with Crippen molar-refractivity contribution in [3.63, 3.8) is 0 Å². The summed E-state index contributed by atoms with van der Waals surface area (Å²) in [5, 5.41) is 7.46. The number of nitrogens with zero attached hydrogens (tertiary/aromatic N) is 3. The fraction of sp³-hybridized carbons (Fsp3) is 0.846. The van der Waals surface area contributed by atoms with Gasteiger partial charge in [-0.1, -0.05) is 13.8 Å². The van der Waals surface area contributed by atoms with Gasteiger partial charge in [0, 0.05) is 20.3 Å². The zero-order valence-electron chi connectivity index (χ0n) is 12.3. The van der Waals surface area contributed by atoms with Gasteiger partial charge in [0.2, 0.25) is 0 Å². The summed E-state index contributed by atoms with van der Waals surface area (Å²) in [5.74, 6) is 1.62. The summed E-state index contributed by atoms with van der Waals surface area (Å²) in [4.78, 5) is 4.23. The van der Waals surface area contributed by atoms with Crippen LogP contribution in [0.1, 0.15) is 26.1 Å². The quantitative estimate of drug-likeness (QED) is 0.610. The Balaban J connectivity index is 2.17. The smallest absolute Gasteiger partial charge is 0.140 e. The van der Waals surface area contributed by atoms with Crippen molar-refractivity contribution in [3.05, 3.63) is 12.2 Å². The molecule has 0 fully saturated rings. The van der Waals surface area contributed by atoms with Crippen molar-refractivity contribution in [2.45, 2.75) is 33.4 Å². The van der Waals surface area contributed by atoms with Crippen LogP contribution in [-0.2, 0) is 22.6 Å². The molecule has 19 heavy (non-hydrogen) atoms. The highest BCUT2D eigenvalue weighted by Crippen LogP contribution is 1.99. The highest BCUT2D eigenvalue weighted by atomic mass is 16.5. The Hall–Kier alpha value is -0.980. The first-order valence-corrected chi connectivity index (χ1v) is 6.88. The van der Waals surface area contributed by atoms with Gasteiger partial charge < -0.3 is 14.8 Å². The van der Waals surface area contributed by atoms with Gasteiger partial charge in [0.05, 0.1) is 26.3 Å². The Kier molecular flexibility index (Phi) is 8.36. The van der Waals surface area contributed by atoms with E-state index in [4.69, 9.17) is 9.47 Å². The molecule has 0 unspecified atom stereocenters. The van der Waals surface area contributed by atoms with Gasteiger partial charge in [-0.05, 0) is 12.3 Å². The Labute approximate surface area is 115 Å². The lowest BCUT2D eigenvalue weighted by atomic mass is 10.1. The van der Waals surface area contributed by atoms with Gasteiger partial charge in [-0.2, -0.15) is 5.10 Å². The first kappa shape index (κ1) is 16.1. The van der Waals surface area contributed by atoms with Crippen LogP contribution >= 0.6 is 0 Å². The van der Waals surface area contributed by atoms with Gasteiger partial charge in [-0.3, -0.25) is 0 Å². The fourth-order valence-electron chi connectivity index (χ4n) is 1.56. The van der Waals surface area contributed by atoms with E-state index in [9.17, 15) is 0 Å². The number of ether oxygens (including phenoxy) is 2. The van der Waals surface area contributed by atoms with Gasteiger partial charge in [-0.15, -0.1) is 0 Å². The molecule has 1 heterocycles. The molecule has 0 radical (unpaired) electrons. The van der Waals surface area contributed by atoms with Gasteiger partial charge in [0.1, 0.15) is 12.2 Å². The highest BCUT2D eigenvalue weighted by molar-refractivity contribution is 4.83. The molecule has 1 aromatic heterocycles. The zero-order valence-corrected chi connectivity index (χ0v) is 12.3. The van der Waals surface area contributed by atoms with E-state index in [2.05, 4.69) is 29.2 Å². The van der Waals surface area contributed by atoms with Crippen molar-refractivity contribution in [3.8, 4) is 0 Å². The van der Waals surface area contributed by atoms with Crippen molar-refractivity contribution < 1.29 is 9.47 Å². The molecule has 0 atom stereocenters. The molecular weight excluding hydrogens is 244 g/mol. The first-order valence-electron chi connectivity index (χ1n) is 6.88. The second kappa shape index (κ2) is 9.89. The maximum Gasteiger partial charge on any atom is 0.140 e. The Morgan fingerprint density at radius 3 is 2.89 bits per heavy atom. The van der Waals surface area contributed by atoms with Gasteiger partial charge in [0.15, 0.2) is 0 Å². The van der Waals surface area contributed by atoms with Crippen molar-refractivity contribution in [2.75, 3.05) is 33.5 Å². The molecule has 110 valence electrons. The topological polar surface area (TPSA) is 61.2 Å². The first-order chi connectivity index (χ1) is 9.24. The van der Waals surface area contributed by atoms with Crippen LogP contribution in [0, 0.1) is 5.92 Å². The van der Waals surface area contributed by atoms with Crippen LogP contribution in [0.5, 0.6) is 0 Å². The summed E-state index contributed by atoms with van der Waals surface area (Å²) in [6.45, 7) is 8.86. The number of hydrogen-bond acceptors (Lipinski definition) is 5. The van der Waals surface area contributed by atoms with E-state index in [1.54, 1.807) is 13.4 Å². The lowest BCUT2D eigenvalue weighted by Crippen LogP contribution is -2.22. The average Bonchev–Trinajstić information content (AvgIpc) is 2.81. The van der Waals surface area contributed by atoms with Crippen molar-refractivity contribution in [1.82, 2.24) is 20.1 Å². The maximum atomic E-state index is 5.59. The van der Waals surface area contributed by atoms with E-state index in [1.807, 2.05) is 4.68 Å². The molecule has 0 saturated heterocycles. The molecule has 0 aliphatic carbocycles. The van der Waals surface area contributed by atoms with E-state index in [-0.39, 0.29) is 0 Å². The molecule has 6 nitrogen and oxygen atoms in total. The summed E-state index contributed by atoms with van der Waals surface area (Å²) in [7, 11) is 1.69. The SMILES string of the molecule is COCCNCc1ncnn1CCOCCC(C)C. The van der Waals surface area contributed by atoms with Crippen LogP contribution < -0.4 is 5.32 Å². The summed E-state index contributed by atoms with van der Waals surface area (Å²) >= 11 is 0. The molecular formula is C13H26N4O2. The summed E-state index contributed by atoms with van der Waals surface area (Å²) in [6, 6.07) is 0. The van der Waals surface area contributed by atoms with Crippen LogP contribution in [0.25, 0.3) is 0 Å². The predicted octanol–water partition coefficient (Wildman–Crippen LogP) is 1.08. The van der Waals surface area contributed by atoms with E-state index in [0.29, 0.717) is 25.7 Å². The molecule has 0 aliphatic heterocycles. The zero-order chi connectivity index (χ0) is 13.9. The lowest BCUT2D eigenvalue weighted by Gasteiger charge is -2.09. The number of aromatic nitrogens is 3. The third-order valence-corrected chi connectivity index (χ3v) is 2.75. The molecule has 0 spiro atoms. The van der Waals surface area contributed by atoms with Gasteiger partial charge >= 0.3 is 0 Å². The molecule has 0 bridgehead atoms. The van der Waals surface area contributed by atoms with E-state index in [0.717, 1.165) is 31.9 Å². The fourth-order valence-corrected chi connectivity index (χ4v) is 1.56. The van der Waals surface area contributed by atoms with Crippen LogP contribution in [-0.4, -0.2) is 48.2 Å². The van der Waals surface area contributed by atoms with Gasteiger partial charge in [-0.25, -0.2) is 9.67 Å². The van der Waals surface area contributed by atoms with Crippen molar-refractivity contribution in [2.24, 2.45) is 5.92 Å². The molecule has 1 rings (SSSR count). The number of hydrogen-bond donors (Lipinski definition) is 1. The molecule has 0 amide bonds. The van der Waals surface area contributed by atoms with E-state index in [1.165, 1.54) is 0 Å². The maximum absolute atomic E-state index is 5.59. The number of methoxy groups -OCH3 is 1. The number of nitrogens with one attached hydrogen (secondary N) is 1. The predicted molar refractivity (Wildman–Crippen MR) is 73.9 cm³/mol. The minimum absolute atomic E-state index is 0.682. The second-order valence-corrected chi connectivity index (χ2v) is 4.86. The third-order valence-electron chi connectivity index (χ3n) is 2.75. The molecule has 0 aliphatic rings. The monoisotopic (exact) mass is 270 g/mol. The minimum atomic E-state index is 0.682. The standard InChI is InChI=1S/C13H26N4O2/c1-12(2)4-7-19-9-6-17-13(15-11-16-17)10-14-5-8-18-3/h11-12,14H,4-10H2,1-3H3. The summed E-state index contributed by atoms with van der Waals surface area (Å²) < 4.78 is 12.4. The van der Waals surface area contributed by atoms with Crippen molar-refractivity contribution in [1.29, 1.82) is 0 Å². The Bertz CT molecular complexity index is 328. The van der Waals surface area contributed by atoms with Crippen LogP contribution in [0.4, 0.5) is 0 Å². The van der Waals surface area contributed by atoms with E-state index >= 15 is 0 Å². The third kappa shape index (κ3) is 7.25. The number of rotatable bonds is 11.